The van der Waals surface area contributed by atoms with Crippen LogP contribution in [0, 0.1) is 0 Å². The first-order valence-electron chi connectivity index (χ1n) is 11.6. The number of unbranched alkanes of at least 4 members (excludes halogenated alkanes) is 9. The topological polar surface area (TPSA) is 21.6 Å². The van der Waals surface area contributed by atoms with Crippen LogP contribution in [0.5, 0.6) is 5.75 Å². The van der Waals surface area contributed by atoms with Crippen molar-refractivity contribution in [1.29, 1.82) is 0 Å². The lowest BCUT2D eigenvalue weighted by atomic mass is 10.1. The fourth-order valence-electron chi connectivity index (χ4n) is 3.44. The lowest BCUT2D eigenvalue weighted by Gasteiger charge is -2.12. The van der Waals surface area contributed by atoms with E-state index in [1.54, 1.807) is 6.07 Å². The Balaban J connectivity index is 1.69. The molecule has 0 bridgehead atoms. The highest BCUT2D eigenvalue weighted by atomic mass is 79.9. The Kier molecular flexibility index (Phi) is 14.0. The Morgan fingerprint density at radius 3 is 2.00 bits per heavy atom. The number of aliphatic imine (C=N–C) groups is 1. The second-order valence-electron chi connectivity index (χ2n) is 8.07. The van der Waals surface area contributed by atoms with Crippen molar-refractivity contribution in [2.45, 2.75) is 77.7 Å². The minimum atomic E-state index is 0.403. The van der Waals surface area contributed by atoms with Crippen molar-refractivity contribution in [2.24, 2.45) is 4.99 Å². The molecule has 2 aromatic rings. The minimum Gasteiger partial charge on any atom is -0.487 e. The van der Waals surface area contributed by atoms with E-state index in [-0.39, 0.29) is 0 Å². The van der Waals surface area contributed by atoms with Crippen LogP contribution in [0.2, 0.25) is 10.0 Å². The minimum absolute atomic E-state index is 0.403. The van der Waals surface area contributed by atoms with Gasteiger partial charge in [0.1, 0.15) is 12.4 Å². The average Bonchev–Trinajstić information content (AvgIpc) is 2.76. The van der Waals surface area contributed by atoms with E-state index in [0.29, 0.717) is 16.7 Å². The molecule has 0 amide bonds. The maximum Gasteiger partial charge on any atom is 0.148 e. The van der Waals surface area contributed by atoms with Gasteiger partial charge in [-0.25, -0.2) is 0 Å². The van der Waals surface area contributed by atoms with E-state index in [1.807, 2.05) is 30.5 Å². The Labute approximate surface area is 220 Å². The van der Waals surface area contributed by atoms with E-state index in [1.165, 1.54) is 57.8 Å². The van der Waals surface area contributed by atoms with E-state index in [2.05, 4.69) is 43.8 Å². The van der Waals surface area contributed by atoms with Crippen molar-refractivity contribution in [3.8, 4) is 5.75 Å². The molecule has 0 aliphatic heterocycles. The molecule has 0 spiro atoms. The highest BCUT2D eigenvalue weighted by Gasteiger charge is 2.09. The third-order valence-electron chi connectivity index (χ3n) is 5.27. The molecule has 0 saturated heterocycles. The highest BCUT2D eigenvalue weighted by Crippen LogP contribution is 2.35. The smallest absolute Gasteiger partial charge is 0.148 e. The first-order chi connectivity index (χ1) is 15.5. The molecule has 0 fully saturated rings. The Morgan fingerprint density at radius 2 is 1.41 bits per heavy atom. The predicted molar refractivity (Wildman–Crippen MR) is 147 cm³/mol. The van der Waals surface area contributed by atoms with Gasteiger partial charge in [-0.2, -0.15) is 0 Å². The summed E-state index contributed by atoms with van der Waals surface area (Å²) in [5.41, 5.74) is 2.00. The van der Waals surface area contributed by atoms with E-state index < -0.39 is 0 Å². The van der Waals surface area contributed by atoms with Gasteiger partial charge in [-0.1, -0.05) is 94.0 Å². The van der Waals surface area contributed by atoms with Gasteiger partial charge in [-0.3, -0.25) is 4.99 Å². The maximum atomic E-state index is 6.08. The summed E-state index contributed by atoms with van der Waals surface area (Å²) in [6, 6.07) is 9.56. The van der Waals surface area contributed by atoms with Crippen molar-refractivity contribution in [3.05, 3.63) is 60.4 Å². The van der Waals surface area contributed by atoms with E-state index in [9.17, 15) is 0 Å². The summed E-state index contributed by atoms with van der Waals surface area (Å²) in [4.78, 5) is 4.60. The molecule has 0 heterocycles. The molecule has 0 atom stereocenters. The molecular formula is C26H33Br2Cl2NO. The van der Waals surface area contributed by atoms with Gasteiger partial charge in [0.15, 0.2) is 0 Å². The Hall–Kier alpha value is -0.550. The van der Waals surface area contributed by atoms with Crippen LogP contribution < -0.4 is 4.74 Å². The van der Waals surface area contributed by atoms with Crippen LogP contribution in [-0.4, -0.2) is 12.8 Å². The SMILES string of the molecule is CCCCCCCCCCCCN=Cc1cc(Br)c(OCc2ccc(Cl)c(Cl)c2)c(Br)c1. The van der Waals surface area contributed by atoms with Crippen molar-refractivity contribution in [3.63, 3.8) is 0 Å². The number of rotatable bonds is 15. The number of benzene rings is 2. The Bertz CT molecular complexity index is 835. The van der Waals surface area contributed by atoms with Gasteiger partial charge in [0.25, 0.3) is 0 Å². The van der Waals surface area contributed by atoms with Gasteiger partial charge >= 0.3 is 0 Å². The number of halogens is 4. The summed E-state index contributed by atoms with van der Waals surface area (Å²) < 4.78 is 7.74. The fraction of sp³-hybridized carbons (Fsp3) is 0.500. The van der Waals surface area contributed by atoms with Gasteiger partial charge in [-0.05, 0) is 73.7 Å². The van der Waals surface area contributed by atoms with E-state index in [0.717, 1.165) is 38.8 Å². The molecule has 0 radical (unpaired) electrons. The summed E-state index contributed by atoms with van der Waals surface area (Å²) in [6.07, 6.45) is 15.3. The monoisotopic (exact) mass is 603 g/mol. The van der Waals surface area contributed by atoms with Crippen LogP contribution in [0.3, 0.4) is 0 Å². The molecular weight excluding hydrogens is 573 g/mol. The lowest BCUT2D eigenvalue weighted by Crippen LogP contribution is -1.98. The van der Waals surface area contributed by atoms with Crippen molar-refractivity contribution < 1.29 is 4.74 Å². The van der Waals surface area contributed by atoms with E-state index in [4.69, 9.17) is 27.9 Å². The molecule has 0 saturated carbocycles. The van der Waals surface area contributed by atoms with Gasteiger partial charge in [0.2, 0.25) is 0 Å². The molecule has 176 valence electrons. The lowest BCUT2D eigenvalue weighted by molar-refractivity contribution is 0.302. The van der Waals surface area contributed by atoms with Gasteiger partial charge in [-0.15, -0.1) is 0 Å². The molecule has 0 aromatic heterocycles. The van der Waals surface area contributed by atoms with Crippen LogP contribution in [0.15, 0.2) is 44.3 Å². The molecule has 2 nitrogen and oxygen atoms in total. The third-order valence-corrected chi connectivity index (χ3v) is 7.19. The molecule has 32 heavy (non-hydrogen) atoms. The number of hydrogen-bond acceptors (Lipinski definition) is 2. The zero-order valence-corrected chi connectivity index (χ0v) is 23.5. The summed E-state index contributed by atoms with van der Waals surface area (Å²) in [5, 5.41) is 1.07. The first-order valence-corrected chi connectivity index (χ1v) is 13.9. The molecule has 0 aliphatic rings. The number of nitrogens with zero attached hydrogens (tertiary/aromatic N) is 1. The number of hydrogen-bond donors (Lipinski definition) is 0. The van der Waals surface area contributed by atoms with Gasteiger partial charge in [0, 0.05) is 12.8 Å². The maximum absolute atomic E-state index is 6.08. The normalized spacial score (nSPS) is 11.4. The quantitative estimate of drug-likeness (QED) is 0.146. The molecule has 2 aromatic carbocycles. The van der Waals surface area contributed by atoms with Crippen LogP contribution in [0.4, 0.5) is 0 Å². The molecule has 0 aliphatic carbocycles. The highest BCUT2D eigenvalue weighted by molar-refractivity contribution is 9.11. The number of ether oxygens (including phenoxy) is 1. The van der Waals surface area contributed by atoms with Crippen LogP contribution in [-0.2, 0) is 6.61 Å². The average molecular weight is 606 g/mol. The molecule has 0 N–H and O–H groups in total. The first kappa shape index (κ1) is 27.7. The van der Waals surface area contributed by atoms with Crippen molar-refractivity contribution >= 4 is 61.3 Å². The summed E-state index contributed by atoms with van der Waals surface area (Å²) in [5.74, 6) is 0.753. The zero-order chi connectivity index (χ0) is 23.2. The molecule has 2 rings (SSSR count). The van der Waals surface area contributed by atoms with Crippen LogP contribution >= 0.6 is 55.1 Å². The van der Waals surface area contributed by atoms with Crippen molar-refractivity contribution in [2.75, 3.05) is 6.54 Å². The second-order valence-corrected chi connectivity index (χ2v) is 10.6. The molecule has 6 heteroatoms. The summed E-state index contributed by atoms with van der Waals surface area (Å²) in [6.45, 7) is 3.55. The second kappa shape index (κ2) is 16.1. The Morgan fingerprint density at radius 1 is 0.812 bits per heavy atom. The van der Waals surface area contributed by atoms with E-state index >= 15 is 0 Å². The predicted octanol–water partition coefficient (Wildman–Crippen LogP) is 10.4. The third kappa shape index (κ3) is 10.6. The zero-order valence-electron chi connectivity index (χ0n) is 18.8. The standard InChI is InChI=1S/C26H33Br2Cl2NO/c1-2-3-4-5-6-7-8-9-10-11-14-31-18-21-15-22(27)26(23(28)16-21)32-19-20-12-13-24(29)25(30)17-20/h12-13,15-18H,2-11,14,19H2,1H3. The fourth-order valence-corrected chi connectivity index (χ4v) is 5.21. The van der Waals surface area contributed by atoms with Crippen LogP contribution in [0.1, 0.15) is 82.3 Å². The van der Waals surface area contributed by atoms with Crippen LogP contribution in [0.25, 0.3) is 0 Å². The summed E-state index contributed by atoms with van der Waals surface area (Å²) in [7, 11) is 0. The van der Waals surface area contributed by atoms with Gasteiger partial charge in [0.05, 0.1) is 19.0 Å². The summed E-state index contributed by atoms with van der Waals surface area (Å²) >= 11 is 19.3. The largest absolute Gasteiger partial charge is 0.487 e. The molecule has 0 unspecified atom stereocenters. The van der Waals surface area contributed by atoms with Gasteiger partial charge < -0.3 is 4.74 Å². The van der Waals surface area contributed by atoms with Crippen molar-refractivity contribution in [1.82, 2.24) is 0 Å².